The van der Waals surface area contributed by atoms with Crippen molar-refractivity contribution in [2.24, 2.45) is 7.05 Å². The van der Waals surface area contributed by atoms with Crippen molar-refractivity contribution in [1.29, 1.82) is 0 Å². The zero-order valence-corrected chi connectivity index (χ0v) is 9.93. The molecule has 1 nitrogen and oxygen atoms in total. The highest BCUT2D eigenvalue weighted by Gasteiger charge is 2.33. The Balaban J connectivity index is 2.77. The first-order valence-corrected chi connectivity index (χ1v) is 5.30. The van der Waals surface area contributed by atoms with Crippen LogP contribution in [0.15, 0.2) is 24.4 Å². The van der Waals surface area contributed by atoms with Crippen molar-refractivity contribution in [3.05, 3.63) is 33.5 Å². The second-order valence-corrected chi connectivity index (χ2v) is 4.36. The molecule has 0 amide bonds. The molecule has 0 saturated carbocycles. The van der Waals surface area contributed by atoms with Crippen molar-refractivity contribution >= 4 is 33.5 Å². The van der Waals surface area contributed by atoms with Crippen LogP contribution in [0.5, 0.6) is 0 Å². The second kappa shape index (κ2) is 3.40. The lowest BCUT2D eigenvalue weighted by atomic mass is 10.1. The minimum absolute atomic E-state index is 0.262. The van der Waals surface area contributed by atoms with Crippen molar-refractivity contribution in [3.8, 4) is 0 Å². The maximum atomic E-state index is 12.6. The molecule has 2 rings (SSSR count). The fourth-order valence-corrected chi connectivity index (χ4v) is 2.48. The van der Waals surface area contributed by atoms with Crippen molar-refractivity contribution in [2.75, 3.05) is 0 Å². The van der Waals surface area contributed by atoms with Crippen molar-refractivity contribution in [3.63, 3.8) is 0 Å². The number of alkyl halides is 3. The predicted octanol–water partition coefficient (Wildman–Crippen LogP) is 3.80. The summed E-state index contributed by atoms with van der Waals surface area (Å²) in [7, 11) is 1.81. The maximum Gasteiger partial charge on any atom is 0.417 e. The number of nitrogens with zero attached hydrogens (tertiary/aromatic N) is 1. The predicted molar refractivity (Wildman–Crippen MR) is 60.6 cm³/mol. The van der Waals surface area contributed by atoms with Crippen LogP contribution in [0.2, 0.25) is 0 Å². The third kappa shape index (κ3) is 1.73. The molecule has 0 unspecified atom stereocenters. The molecule has 0 aliphatic rings. The lowest BCUT2D eigenvalue weighted by Gasteiger charge is -2.09. The van der Waals surface area contributed by atoms with Crippen molar-refractivity contribution in [2.45, 2.75) is 6.18 Å². The maximum absolute atomic E-state index is 12.6. The Morgan fingerprint density at radius 1 is 1.20 bits per heavy atom. The molecule has 0 bridgehead atoms. The molecule has 1 aromatic heterocycles. The molecule has 0 aliphatic carbocycles. The van der Waals surface area contributed by atoms with Crippen LogP contribution in [-0.4, -0.2) is 4.57 Å². The van der Waals surface area contributed by atoms with Crippen LogP contribution in [0.4, 0.5) is 13.2 Å². The SMILES string of the molecule is Cn1ccc2c(I)c(C(F)(F)F)ccc21. The van der Waals surface area contributed by atoms with E-state index in [1.165, 1.54) is 6.07 Å². The van der Waals surface area contributed by atoms with Crippen LogP contribution in [0.3, 0.4) is 0 Å². The number of aromatic nitrogens is 1. The minimum atomic E-state index is -4.28. The molecule has 80 valence electrons. The number of hydrogen-bond acceptors (Lipinski definition) is 0. The molecule has 0 atom stereocenters. The summed E-state index contributed by atoms with van der Waals surface area (Å²) in [6, 6.07) is 4.33. The van der Waals surface area contributed by atoms with Gasteiger partial charge in [0.05, 0.1) is 5.56 Å². The fraction of sp³-hybridized carbons (Fsp3) is 0.200. The van der Waals surface area contributed by atoms with E-state index < -0.39 is 11.7 Å². The van der Waals surface area contributed by atoms with E-state index in [1.807, 2.05) is 7.05 Å². The standard InChI is InChI=1S/C10H7F3IN/c1-15-5-4-6-8(15)3-2-7(9(6)14)10(11,12)13/h2-5H,1H3. The van der Waals surface area contributed by atoms with E-state index >= 15 is 0 Å². The summed E-state index contributed by atoms with van der Waals surface area (Å²) in [5, 5.41) is 0.646. The van der Waals surface area contributed by atoms with Gasteiger partial charge in [-0.1, -0.05) is 0 Å². The first-order valence-electron chi connectivity index (χ1n) is 4.22. The summed E-state index contributed by atoms with van der Waals surface area (Å²) in [6.45, 7) is 0. The monoisotopic (exact) mass is 325 g/mol. The fourth-order valence-electron chi connectivity index (χ4n) is 1.53. The van der Waals surface area contributed by atoms with Gasteiger partial charge in [0.15, 0.2) is 0 Å². The van der Waals surface area contributed by atoms with Crippen LogP contribution in [0.25, 0.3) is 10.9 Å². The summed E-state index contributed by atoms with van der Waals surface area (Å²) in [5.41, 5.74) is 0.245. The van der Waals surface area contributed by atoms with E-state index in [9.17, 15) is 13.2 Å². The Morgan fingerprint density at radius 3 is 2.47 bits per heavy atom. The zero-order valence-electron chi connectivity index (χ0n) is 7.77. The van der Waals surface area contributed by atoms with Gasteiger partial charge in [-0.05, 0) is 40.8 Å². The van der Waals surface area contributed by atoms with E-state index in [0.29, 0.717) is 5.39 Å². The van der Waals surface area contributed by atoms with Crippen LogP contribution in [-0.2, 0) is 13.2 Å². The lowest BCUT2D eigenvalue weighted by Crippen LogP contribution is -2.07. The van der Waals surface area contributed by atoms with Gasteiger partial charge < -0.3 is 4.57 Å². The molecule has 15 heavy (non-hydrogen) atoms. The summed E-state index contributed by atoms with van der Waals surface area (Å²) in [5.74, 6) is 0. The van der Waals surface area contributed by atoms with E-state index in [4.69, 9.17) is 0 Å². The van der Waals surface area contributed by atoms with Crippen LogP contribution in [0.1, 0.15) is 5.56 Å². The Kier molecular flexibility index (Phi) is 2.44. The largest absolute Gasteiger partial charge is 0.417 e. The third-order valence-corrected chi connectivity index (χ3v) is 3.47. The Bertz CT molecular complexity index is 513. The molecule has 0 radical (unpaired) electrons. The minimum Gasteiger partial charge on any atom is -0.351 e. The number of hydrogen-bond donors (Lipinski definition) is 0. The smallest absolute Gasteiger partial charge is 0.351 e. The van der Waals surface area contributed by atoms with Gasteiger partial charge in [0.1, 0.15) is 0 Å². The first kappa shape index (κ1) is 10.8. The molecule has 0 saturated heterocycles. The molecular formula is C10H7F3IN. The molecule has 5 heteroatoms. The van der Waals surface area contributed by atoms with Crippen LogP contribution >= 0.6 is 22.6 Å². The van der Waals surface area contributed by atoms with Crippen molar-refractivity contribution in [1.82, 2.24) is 4.57 Å². The van der Waals surface area contributed by atoms with Gasteiger partial charge in [0, 0.05) is 27.7 Å². The van der Waals surface area contributed by atoms with Gasteiger partial charge in [-0.25, -0.2) is 0 Å². The van der Waals surface area contributed by atoms with Gasteiger partial charge in [-0.3, -0.25) is 0 Å². The van der Waals surface area contributed by atoms with E-state index in [-0.39, 0.29) is 3.57 Å². The Morgan fingerprint density at radius 2 is 1.87 bits per heavy atom. The highest BCUT2D eigenvalue weighted by atomic mass is 127. The van der Waals surface area contributed by atoms with Crippen LogP contribution in [0, 0.1) is 3.57 Å². The second-order valence-electron chi connectivity index (χ2n) is 3.28. The number of aryl methyl sites for hydroxylation is 1. The average molecular weight is 325 g/mol. The number of benzene rings is 1. The summed E-state index contributed by atoms with van der Waals surface area (Å²) in [6.07, 6.45) is -2.52. The number of fused-ring (bicyclic) bond motifs is 1. The van der Waals surface area contributed by atoms with Crippen LogP contribution < -0.4 is 0 Å². The molecule has 1 aromatic carbocycles. The van der Waals surface area contributed by atoms with E-state index in [0.717, 1.165) is 11.6 Å². The van der Waals surface area contributed by atoms with Gasteiger partial charge in [-0.2, -0.15) is 13.2 Å². The normalized spacial score (nSPS) is 12.3. The summed E-state index contributed by atoms with van der Waals surface area (Å²) >= 11 is 1.74. The molecule has 1 heterocycles. The Labute approximate surface area is 98.0 Å². The van der Waals surface area contributed by atoms with Gasteiger partial charge in [-0.15, -0.1) is 0 Å². The molecular weight excluding hydrogens is 318 g/mol. The van der Waals surface area contributed by atoms with E-state index in [1.54, 1.807) is 39.4 Å². The molecule has 2 aromatic rings. The summed E-state index contributed by atoms with van der Waals surface area (Å²) < 4.78 is 39.8. The van der Waals surface area contributed by atoms with Gasteiger partial charge in [0.25, 0.3) is 0 Å². The third-order valence-electron chi connectivity index (χ3n) is 2.31. The molecule has 0 aliphatic heterocycles. The van der Waals surface area contributed by atoms with Crippen molar-refractivity contribution < 1.29 is 13.2 Å². The zero-order chi connectivity index (χ0) is 11.2. The first-order chi connectivity index (χ1) is 6.91. The molecule has 0 N–H and O–H groups in total. The molecule has 0 spiro atoms. The highest BCUT2D eigenvalue weighted by molar-refractivity contribution is 14.1. The van der Waals surface area contributed by atoms with Gasteiger partial charge in [0.2, 0.25) is 0 Å². The topological polar surface area (TPSA) is 4.93 Å². The van der Waals surface area contributed by atoms with Gasteiger partial charge >= 0.3 is 6.18 Å². The Hall–Kier alpha value is -0.720. The molecule has 0 fully saturated rings. The highest BCUT2D eigenvalue weighted by Crippen LogP contribution is 2.36. The summed E-state index contributed by atoms with van der Waals surface area (Å²) in [4.78, 5) is 0. The number of rotatable bonds is 0. The quantitative estimate of drug-likeness (QED) is 0.649. The average Bonchev–Trinajstić information content (AvgIpc) is 2.47. The lowest BCUT2D eigenvalue weighted by molar-refractivity contribution is -0.138. The number of halogens is 4. The van der Waals surface area contributed by atoms with E-state index in [2.05, 4.69) is 0 Å².